The summed E-state index contributed by atoms with van der Waals surface area (Å²) in [5.74, 6) is 0.490. The second-order valence-corrected chi connectivity index (χ2v) is 3.67. The minimum absolute atomic E-state index is 0.490. The molecule has 0 radical (unpaired) electrons. The van der Waals surface area contributed by atoms with Gasteiger partial charge in [-0.15, -0.1) is 0 Å². The van der Waals surface area contributed by atoms with Gasteiger partial charge in [0.1, 0.15) is 0 Å². The molecule has 0 heterocycles. The molecule has 2 heteroatoms. The summed E-state index contributed by atoms with van der Waals surface area (Å²) in [6.07, 6.45) is 10.5. The third-order valence-electron chi connectivity index (χ3n) is 2.45. The van der Waals surface area contributed by atoms with Crippen molar-refractivity contribution in [3.8, 4) is 6.07 Å². The van der Waals surface area contributed by atoms with Crippen molar-refractivity contribution < 1.29 is 5.11 Å². The van der Waals surface area contributed by atoms with E-state index in [1.54, 1.807) is 0 Å². The van der Waals surface area contributed by atoms with E-state index in [4.69, 9.17) is 5.26 Å². The van der Waals surface area contributed by atoms with Gasteiger partial charge < -0.3 is 5.11 Å². The van der Waals surface area contributed by atoms with Gasteiger partial charge in [-0.2, -0.15) is 5.26 Å². The Balaban J connectivity index is 2.52. The number of nitrogens with zero attached hydrogens (tertiary/aromatic N) is 1. The van der Waals surface area contributed by atoms with Crippen molar-refractivity contribution in [2.45, 2.75) is 44.9 Å². The van der Waals surface area contributed by atoms with Crippen molar-refractivity contribution in [2.75, 3.05) is 0 Å². The van der Waals surface area contributed by atoms with Crippen LogP contribution in [0.15, 0.2) is 23.5 Å². The molecule has 14 heavy (non-hydrogen) atoms. The molecule has 0 amide bonds. The van der Waals surface area contributed by atoms with Gasteiger partial charge >= 0.3 is 0 Å². The molecule has 0 saturated carbocycles. The van der Waals surface area contributed by atoms with Crippen LogP contribution in [0.3, 0.4) is 0 Å². The average molecular weight is 191 g/mol. The monoisotopic (exact) mass is 191 g/mol. The standard InChI is InChI=1S/C12H17NO/c13-10-11-6-3-1-2-4-8-12(14)9-5-7-11/h6,8,14H,1-5,7,9H2/b11-6+,12-8+. The van der Waals surface area contributed by atoms with Crippen molar-refractivity contribution in [2.24, 2.45) is 0 Å². The maximum absolute atomic E-state index is 9.44. The minimum Gasteiger partial charge on any atom is -0.513 e. The molecule has 0 saturated heterocycles. The molecule has 0 aliphatic heterocycles. The number of aliphatic hydroxyl groups excluding tert-OH is 1. The van der Waals surface area contributed by atoms with Crippen LogP contribution in [0.4, 0.5) is 0 Å². The Hall–Kier alpha value is -1.23. The van der Waals surface area contributed by atoms with Crippen LogP contribution >= 0.6 is 0 Å². The summed E-state index contributed by atoms with van der Waals surface area (Å²) < 4.78 is 0. The zero-order valence-corrected chi connectivity index (χ0v) is 8.50. The lowest BCUT2D eigenvalue weighted by Gasteiger charge is -1.98. The first-order valence-electron chi connectivity index (χ1n) is 5.30. The smallest absolute Gasteiger partial charge is 0.0943 e. The van der Waals surface area contributed by atoms with Gasteiger partial charge in [-0.05, 0) is 44.6 Å². The van der Waals surface area contributed by atoms with Crippen LogP contribution in [-0.2, 0) is 0 Å². The summed E-state index contributed by atoms with van der Waals surface area (Å²) in [6.45, 7) is 0. The van der Waals surface area contributed by atoms with Crippen molar-refractivity contribution in [1.82, 2.24) is 0 Å². The molecule has 0 unspecified atom stereocenters. The lowest BCUT2D eigenvalue weighted by atomic mass is 10.1. The highest BCUT2D eigenvalue weighted by molar-refractivity contribution is 5.20. The molecule has 76 valence electrons. The normalized spacial score (nSPS) is 27.4. The van der Waals surface area contributed by atoms with E-state index < -0.39 is 0 Å². The lowest BCUT2D eigenvalue weighted by molar-refractivity contribution is 0.381. The molecule has 0 spiro atoms. The molecular formula is C12H17NO. The Morgan fingerprint density at radius 2 is 1.79 bits per heavy atom. The largest absolute Gasteiger partial charge is 0.513 e. The second kappa shape index (κ2) is 6.26. The highest BCUT2D eigenvalue weighted by atomic mass is 16.3. The summed E-state index contributed by atoms with van der Waals surface area (Å²) in [5.41, 5.74) is 0.875. The molecule has 1 aliphatic carbocycles. The number of hydrogen-bond acceptors (Lipinski definition) is 2. The fourth-order valence-corrected chi connectivity index (χ4v) is 1.60. The maximum Gasteiger partial charge on any atom is 0.0943 e. The zero-order valence-electron chi connectivity index (χ0n) is 8.50. The van der Waals surface area contributed by atoms with Gasteiger partial charge in [-0.25, -0.2) is 0 Å². The van der Waals surface area contributed by atoms with E-state index in [1.165, 1.54) is 0 Å². The topological polar surface area (TPSA) is 44.0 Å². The van der Waals surface area contributed by atoms with E-state index in [9.17, 15) is 5.11 Å². The highest BCUT2D eigenvalue weighted by Crippen LogP contribution is 2.15. The van der Waals surface area contributed by atoms with Gasteiger partial charge in [0.2, 0.25) is 0 Å². The Labute approximate surface area is 85.6 Å². The molecular weight excluding hydrogens is 174 g/mol. The molecule has 0 fully saturated rings. The zero-order chi connectivity index (χ0) is 10.2. The van der Waals surface area contributed by atoms with Crippen molar-refractivity contribution >= 4 is 0 Å². The molecule has 2 nitrogen and oxygen atoms in total. The Morgan fingerprint density at radius 3 is 2.50 bits per heavy atom. The van der Waals surface area contributed by atoms with Crippen molar-refractivity contribution in [3.63, 3.8) is 0 Å². The minimum atomic E-state index is 0.490. The van der Waals surface area contributed by atoms with E-state index in [0.29, 0.717) is 12.2 Å². The van der Waals surface area contributed by atoms with Gasteiger partial charge in [0.25, 0.3) is 0 Å². The number of rotatable bonds is 0. The van der Waals surface area contributed by atoms with Crippen molar-refractivity contribution in [1.29, 1.82) is 5.26 Å². The van der Waals surface area contributed by atoms with Crippen LogP contribution in [0.5, 0.6) is 0 Å². The van der Waals surface area contributed by atoms with Gasteiger partial charge in [-0.1, -0.05) is 6.08 Å². The number of hydrogen-bond donors (Lipinski definition) is 1. The summed E-state index contributed by atoms with van der Waals surface area (Å²) in [7, 11) is 0. The predicted molar refractivity (Wildman–Crippen MR) is 56.7 cm³/mol. The summed E-state index contributed by atoms with van der Waals surface area (Å²) >= 11 is 0. The first-order valence-corrected chi connectivity index (χ1v) is 5.30. The molecule has 0 aromatic heterocycles. The Kier molecular flexibility index (Phi) is 4.85. The molecule has 1 N–H and O–H groups in total. The molecule has 0 aromatic carbocycles. The Morgan fingerprint density at radius 1 is 1.07 bits per heavy atom. The van der Waals surface area contributed by atoms with Crippen LogP contribution in [0.25, 0.3) is 0 Å². The summed E-state index contributed by atoms with van der Waals surface area (Å²) in [4.78, 5) is 0. The van der Waals surface area contributed by atoms with E-state index in [1.807, 2.05) is 12.2 Å². The second-order valence-electron chi connectivity index (χ2n) is 3.67. The highest BCUT2D eigenvalue weighted by Gasteiger charge is 2.00. The Bertz CT molecular complexity index is 271. The lowest BCUT2D eigenvalue weighted by Crippen LogP contribution is -1.84. The molecule has 0 aromatic rings. The predicted octanol–water partition coefficient (Wildman–Crippen LogP) is 3.62. The van der Waals surface area contributed by atoms with Crippen LogP contribution in [0.2, 0.25) is 0 Å². The van der Waals surface area contributed by atoms with E-state index in [-0.39, 0.29) is 0 Å². The summed E-state index contributed by atoms with van der Waals surface area (Å²) in [6, 6.07) is 2.22. The number of nitriles is 1. The van der Waals surface area contributed by atoms with Crippen LogP contribution in [-0.4, -0.2) is 5.11 Å². The fraction of sp³-hybridized carbons (Fsp3) is 0.583. The maximum atomic E-state index is 9.44. The van der Waals surface area contributed by atoms with Crippen LogP contribution in [0, 0.1) is 11.3 Å². The summed E-state index contributed by atoms with van der Waals surface area (Å²) in [5, 5.41) is 18.3. The van der Waals surface area contributed by atoms with E-state index >= 15 is 0 Å². The van der Waals surface area contributed by atoms with Gasteiger partial charge in [0, 0.05) is 12.0 Å². The third kappa shape index (κ3) is 4.13. The number of allylic oxidation sites excluding steroid dienone is 4. The molecule has 0 bridgehead atoms. The first kappa shape index (κ1) is 10.8. The van der Waals surface area contributed by atoms with E-state index in [2.05, 4.69) is 6.07 Å². The molecule has 1 aliphatic rings. The third-order valence-corrected chi connectivity index (χ3v) is 2.45. The van der Waals surface area contributed by atoms with Crippen LogP contribution in [0.1, 0.15) is 44.9 Å². The number of aliphatic hydroxyl groups is 1. The average Bonchev–Trinajstić information content (AvgIpc) is 2.23. The molecule has 0 atom stereocenters. The molecule has 1 rings (SSSR count). The van der Waals surface area contributed by atoms with E-state index in [0.717, 1.165) is 44.1 Å². The van der Waals surface area contributed by atoms with Gasteiger partial charge in [0.15, 0.2) is 0 Å². The van der Waals surface area contributed by atoms with Gasteiger partial charge in [-0.3, -0.25) is 0 Å². The quantitative estimate of drug-likeness (QED) is 0.635. The SMILES string of the molecule is N#C/C1=C/CCCC/C=C(/O)CCC1. The van der Waals surface area contributed by atoms with Crippen molar-refractivity contribution in [3.05, 3.63) is 23.5 Å². The fourth-order valence-electron chi connectivity index (χ4n) is 1.60. The van der Waals surface area contributed by atoms with Gasteiger partial charge in [0.05, 0.1) is 11.8 Å². The first-order chi connectivity index (χ1) is 6.83. The van der Waals surface area contributed by atoms with Crippen LogP contribution < -0.4 is 0 Å².